The number of benzene rings is 1. The van der Waals surface area contributed by atoms with Gasteiger partial charge in [-0.15, -0.1) is 0 Å². The quantitative estimate of drug-likeness (QED) is 0.592. The van der Waals surface area contributed by atoms with Gasteiger partial charge in [0.05, 0.1) is 0 Å². The fraction of sp³-hybridized carbons (Fsp3) is 0.533. The normalized spacial score (nSPS) is 12.9. The molecule has 0 saturated carbocycles. The standard InChI is InChI=1S/C15H25FN4/c1-5-20(11(2)9-19(3)4)10-12-6-13(15(17)18)8-14(16)7-12/h6-8,11H,5,9-10H2,1-4H3,(H3,17,18). The molecule has 0 amide bonds. The number of nitrogen functional groups attached to an aromatic ring is 1. The summed E-state index contributed by atoms with van der Waals surface area (Å²) in [5.41, 5.74) is 6.73. The maximum Gasteiger partial charge on any atom is 0.124 e. The molecule has 1 atom stereocenters. The van der Waals surface area contributed by atoms with E-state index in [2.05, 4.69) is 23.6 Å². The summed E-state index contributed by atoms with van der Waals surface area (Å²) in [5.74, 6) is -0.445. The summed E-state index contributed by atoms with van der Waals surface area (Å²) in [6.45, 7) is 6.75. The highest BCUT2D eigenvalue weighted by Gasteiger charge is 2.14. The van der Waals surface area contributed by atoms with Crippen molar-refractivity contribution in [2.45, 2.75) is 26.4 Å². The molecule has 0 aliphatic heterocycles. The van der Waals surface area contributed by atoms with Crippen LogP contribution in [0.3, 0.4) is 0 Å². The largest absolute Gasteiger partial charge is 0.384 e. The lowest BCUT2D eigenvalue weighted by Gasteiger charge is -2.30. The van der Waals surface area contributed by atoms with Crippen LogP contribution in [0.1, 0.15) is 25.0 Å². The van der Waals surface area contributed by atoms with Crippen molar-refractivity contribution in [2.75, 3.05) is 27.2 Å². The van der Waals surface area contributed by atoms with E-state index in [1.54, 1.807) is 6.07 Å². The summed E-state index contributed by atoms with van der Waals surface area (Å²) in [5, 5.41) is 7.42. The molecule has 0 aliphatic rings. The first-order chi connectivity index (χ1) is 9.33. The molecule has 1 aromatic rings. The van der Waals surface area contributed by atoms with Crippen LogP contribution < -0.4 is 5.73 Å². The van der Waals surface area contributed by atoms with E-state index in [9.17, 15) is 4.39 Å². The molecule has 1 rings (SSSR count). The summed E-state index contributed by atoms with van der Waals surface area (Å²) >= 11 is 0. The van der Waals surface area contributed by atoms with E-state index in [4.69, 9.17) is 11.1 Å². The van der Waals surface area contributed by atoms with Crippen LogP contribution in [0.4, 0.5) is 4.39 Å². The van der Waals surface area contributed by atoms with Gasteiger partial charge in [0.1, 0.15) is 11.7 Å². The topological polar surface area (TPSA) is 56.4 Å². The van der Waals surface area contributed by atoms with E-state index >= 15 is 0 Å². The van der Waals surface area contributed by atoms with Crippen molar-refractivity contribution < 1.29 is 4.39 Å². The Kier molecular flexibility index (Phi) is 6.10. The molecule has 0 aromatic heterocycles. The minimum absolute atomic E-state index is 0.102. The number of nitrogens with one attached hydrogen (secondary N) is 1. The Morgan fingerprint density at radius 2 is 2.00 bits per heavy atom. The predicted octanol–water partition coefficient (Wildman–Crippen LogP) is 1.88. The molecule has 0 spiro atoms. The van der Waals surface area contributed by atoms with E-state index in [0.717, 1.165) is 18.7 Å². The van der Waals surface area contributed by atoms with Crippen LogP contribution in [-0.4, -0.2) is 48.9 Å². The number of hydrogen-bond acceptors (Lipinski definition) is 3. The zero-order chi connectivity index (χ0) is 15.3. The van der Waals surface area contributed by atoms with E-state index in [0.29, 0.717) is 18.2 Å². The van der Waals surface area contributed by atoms with Crippen molar-refractivity contribution in [1.29, 1.82) is 5.41 Å². The van der Waals surface area contributed by atoms with Gasteiger partial charge in [0.25, 0.3) is 0 Å². The van der Waals surface area contributed by atoms with Crippen LogP contribution >= 0.6 is 0 Å². The molecular formula is C15H25FN4. The fourth-order valence-electron chi connectivity index (χ4n) is 2.35. The lowest BCUT2D eigenvalue weighted by Crippen LogP contribution is -2.39. The van der Waals surface area contributed by atoms with Crippen molar-refractivity contribution >= 4 is 5.84 Å². The number of nitrogens with two attached hydrogens (primary N) is 1. The van der Waals surface area contributed by atoms with E-state index in [-0.39, 0.29) is 11.7 Å². The predicted molar refractivity (Wildman–Crippen MR) is 81.5 cm³/mol. The van der Waals surface area contributed by atoms with Gasteiger partial charge in [-0.1, -0.05) is 6.92 Å². The fourth-order valence-corrected chi connectivity index (χ4v) is 2.35. The summed E-state index contributed by atoms with van der Waals surface area (Å²) in [6, 6.07) is 4.97. The van der Waals surface area contributed by atoms with Gasteiger partial charge in [-0.25, -0.2) is 4.39 Å². The Bertz CT molecular complexity index is 459. The Balaban J connectivity index is 2.86. The van der Waals surface area contributed by atoms with Gasteiger partial charge < -0.3 is 10.6 Å². The molecule has 112 valence electrons. The Morgan fingerprint density at radius 1 is 1.35 bits per heavy atom. The Hall–Kier alpha value is -1.46. The first kappa shape index (κ1) is 16.6. The van der Waals surface area contributed by atoms with Gasteiger partial charge in [0, 0.05) is 24.7 Å². The highest BCUT2D eigenvalue weighted by atomic mass is 19.1. The Morgan fingerprint density at radius 3 is 2.50 bits per heavy atom. The van der Waals surface area contributed by atoms with Crippen molar-refractivity contribution in [1.82, 2.24) is 9.80 Å². The Labute approximate surface area is 120 Å². The lowest BCUT2D eigenvalue weighted by molar-refractivity contribution is 0.174. The first-order valence-electron chi connectivity index (χ1n) is 6.86. The number of hydrogen-bond donors (Lipinski definition) is 2. The van der Waals surface area contributed by atoms with Crippen molar-refractivity contribution in [3.05, 3.63) is 35.1 Å². The SMILES string of the molecule is CCN(Cc1cc(F)cc(C(=N)N)c1)C(C)CN(C)C. The van der Waals surface area contributed by atoms with Crippen molar-refractivity contribution in [3.8, 4) is 0 Å². The highest BCUT2D eigenvalue weighted by Crippen LogP contribution is 2.13. The van der Waals surface area contributed by atoms with Crippen LogP contribution in [0.5, 0.6) is 0 Å². The van der Waals surface area contributed by atoms with Gasteiger partial charge in [-0.3, -0.25) is 10.3 Å². The van der Waals surface area contributed by atoms with Gasteiger partial charge in [0.15, 0.2) is 0 Å². The smallest absolute Gasteiger partial charge is 0.124 e. The van der Waals surface area contributed by atoms with E-state index in [1.165, 1.54) is 12.1 Å². The number of halogens is 1. The average Bonchev–Trinajstić information content (AvgIpc) is 2.34. The van der Waals surface area contributed by atoms with Crippen LogP contribution in [0.25, 0.3) is 0 Å². The number of rotatable bonds is 7. The molecule has 0 aliphatic carbocycles. The zero-order valence-electron chi connectivity index (χ0n) is 12.8. The maximum absolute atomic E-state index is 13.6. The minimum Gasteiger partial charge on any atom is -0.384 e. The van der Waals surface area contributed by atoms with Crippen LogP contribution in [0, 0.1) is 11.2 Å². The third kappa shape index (κ3) is 4.90. The van der Waals surface area contributed by atoms with Crippen LogP contribution in [-0.2, 0) is 6.54 Å². The number of amidine groups is 1. The lowest BCUT2D eigenvalue weighted by atomic mass is 10.1. The molecule has 0 radical (unpaired) electrons. The van der Waals surface area contributed by atoms with E-state index < -0.39 is 0 Å². The van der Waals surface area contributed by atoms with Gasteiger partial charge >= 0.3 is 0 Å². The van der Waals surface area contributed by atoms with Crippen LogP contribution in [0.15, 0.2) is 18.2 Å². The molecule has 0 fully saturated rings. The first-order valence-corrected chi connectivity index (χ1v) is 6.86. The van der Waals surface area contributed by atoms with Gasteiger partial charge in [0.2, 0.25) is 0 Å². The second kappa shape index (κ2) is 7.36. The van der Waals surface area contributed by atoms with Crippen LogP contribution in [0.2, 0.25) is 0 Å². The number of nitrogens with zero attached hydrogens (tertiary/aromatic N) is 2. The third-order valence-electron chi connectivity index (χ3n) is 3.31. The van der Waals surface area contributed by atoms with E-state index in [1.807, 2.05) is 14.1 Å². The molecule has 20 heavy (non-hydrogen) atoms. The molecule has 3 N–H and O–H groups in total. The summed E-state index contributed by atoms with van der Waals surface area (Å²) in [4.78, 5) is 4.42. The number of likely N-dealkylation sites (N-methyl/N-ethyl adjacent to an activating group) is 2. The molecule has 1 unspecified atom stereocenters. The van der Waals surface area contributed by atoms with Crippen molar-refractivity contribution in [2.24, 2.45) is 5.73 Å². The summed E-state index contributed by atoms with van der Waals surface area (Å²) in [6.07, 6.45) is 0. The molecule has 0 heterocycles. The summed E-state index contributed by atoms with van der Waals surface area (Å²) < 4.78 is 13.6. The van der Waals surface area contributed by atoms with Gasteiger partial charge in [-0.05, 0) is 51.3 Å². The monoisotopic (exact) mass is 280 g/mol. The highest BCUT2D eigenvalue weighted by molar-refractivity contribution is 5.95. The molecule has 4 nitrogen and oxygen atoms in total. The third-order valence-corrected chi connectivity index (χ3v) is 3.31. The minimum atomic E-state index is -0.344. The maximum atomic E-state index is 13.6. The average molecular weight is 280 g/mol. The summed E-state index contributed by atoms with van der Waals surface area (Å²) in [7, 11) is 4.08. The van der Waals surface area contributed by atoms with Crippen molar-refractivity contribution in [3.63, 3.8) is 0 Å². The second-order valence-corrected chi connectivity index (χ2v) is 5.44. The van der Waals surface area contributed by atoms with Gasteiger partial charge in [-0.2, -0.15) is 0 Å². The molecule has 5 heteroatoms. The molecule has 1 aromatic carbocycles. The molecular weight excluding hydrogens is 255 g/mol. The molecule has 0 bridgehead atoms. The molecule has 0 saturated heterocycles. The zero-order valence-corrected chi connectivity index (χ0v) is 12.8. The second-order valence-electron chi connectivity index (χ2n) is 5.44.